The molecule has 0 radical (unpaired) electrons. The van der Waals surface area contributed by atoms with Crippen LogP contribution in [0.2, 0.25) is 0 Å². The molecule has 0 saturated carbocycles. The van der Waals surface area contributed by atoms with Crippen LogP contribution in [0.15, 0.2) is 18.2 Å². The van der Waals surface area contributed by atoms with Gasteiger partial charge in [-0.1, -0.05) is 13.0 Å². The number of piperidine rings is 1. The molecule has 6 heteroatoms. The third-order valence-corrected chi connectivity index (χ3v) is 3.18. The summed E-state index contributed by atoms with van der Waals surface area (Å²) in [4.78, 5) is 12.1. The van der Waals surface area contributed by atoms with Gasteiger partial charge in [0.1, 0.15) is 5.69 Å². The fraction of sp³-hybridized carbons (Fsp3) is 0.500. The molecular weight excluding hydrogens is 237 g/mol. The number of benzene rings is 1. The van der Waals surface area contributed by atoms with Crippen molar-refractivity contribution in [3.05, 3.63) is 34.1 Å². The molecule has 1 fully saturated rings. The van der Waals surface area contributed by atoms with Crippen LogP contribution in [0.5, 0.6) is 0 Å². The lowest BCUT2D eigenvalue weighted by Gasteiger charge is -2.36. The Bertz CT molecular complexity index is 457. The number of nitro groups is 1. The van der Waals surface area contributed by atoms with E-state index >= 15 is 0 Å². The van der Waals surface area contributed by atoms with Gasteiger partial charge < -0.3 is 10.6 Å². The first-order valence-electron chi connectivity index (χ1n) is 5.92. The van der Waals surface area contributed by atoms with E-state index in [1.165, 1.54) is 6.07 Å². The maximum absolute atomic E-state index is 13.6. The van der Waals surface area contributed by atoms with E-state index in [4.69, 9.17) is 5.73 Å². The van der Waals surface area contributed by atoms with Crippen LogP contribution in [0, 0.1) is 21.8 Å². The molecule has 98 valence electrons. The van der Waals surface area contributed by atoms with Gasteiger partial charge in [0, 0.05) is 19.1 Å². The summed E-state index contributed by atoms with van der Waals surface area (Å²) >= 11 is 0. The predicted octanol–water partition coefficient (Wildman–Crippen LogP) is 1.91. The Kier molecular flexibility index (Phi) is 3.47. The summed E-state index contributed by atoms with van der Waals surface area (Å²) in [6.45, 7) is 3.23. The van der Waals surface area contributed by atoms with Crippen LogP contribution < -0.4 is 10.6 Å². The molecule has 1 aromatic carbocycles. The smallest absolute Gasteiger partial charge is 0.327 e. The summed E-state index contributed by atoms with van der Waals surface area (Å²) in [7, 11) is 0. The minimum atomic E-state index is -0.802. The van der Waals surface area contributed by atoms with Crippen LogP contribution in [0.1, 0.15) is 13.3 Å². The van der Waals surface area contributed by atoms with E-state index in [2.05, 4.69) is 0 Å². The Balaban J connectivity index is 2.38. The molecule has 2 atom stereocenters. The zero-order valence-corrected chi connectivity index (χ0v) is 10.2. The van der Waals surface area contributed by atoms with Gasteiger partial charge in [0.2, 0.25) is 5.82 Å². The van der Waals surface area contributed by atoms with E-state index in [9.17, 15) is 14.5 Å². The average molecular weight is 253 g/mol. The van der Waals surface area contributed by atoms with E-state index in [1.54, 1.807) is 11.0 Å². The van der Waals surface area contributed by atoms with Gasteiger partial charge in [-0.2, -0.15) is 4.39 Å². The van der Waals surface area contributed by atoms with Crippen LogP contribution in [0.3, 0.4) is 0 Å². The number of nitro benzene ring substituents is 1. The Labute approximate surface area is 105 Å². The first-order valence-corrected chi connectivity index (χ1v) is 5.92. The first-order chi connectivity index (χ1) is 8.49. The lowest BCUT2D eigenvalue weighted by Crippen LogP contribution is -2.46. The molecular formula is C12H16FN3O2. The second kappa shape index (κ2) is 4.89. The number of hydrogen-bond acceptors (Lipinski definition) is 4. The van der Waals surface area contributed by atoms with Gasteiger partial charge in [-0.3, -0.25) is 10.1 Å². The zero-order valence-electron chi connectivity index (χ0n) is 10.2. The van der Waals surface area contributed by atoms with E-state index in [-0.39, 0.29) is 6.04 Å². The molecule has 0 spiro atoms. The number of nitrogens with zero attached hydrogens (tertiary/aromatic N) is 2. The van der Waals surface area contributed by atoms with E-state index in [1.807, 2.05) is 6.92 Å². The van der Waals surface area contributed by atoms with Gasteiger partial charge in [0.25, 0.3) is 0 Å². The maximum atomic E-state index is 13.6. The standard InChI is InChI=1S/C12H16FN3O2/c1-8-5-9(14)7-15(6-8)11-4-2-3-10(13)12(11)16(17)18/h2-4,8-9H,5-7,14H2,1H3. The lowest BCUT2D eigenvalue weighted by atomic mass is 9.96. The van der Waals surface area contributed by atoms with E-state index in [0.29, 0.717) is 24.7 Å². The minimum absolute atomic E-state index is 0.0309. The minimum Gasteiger partial charge on any atom is -0.364 e. The molecule has 1 aromatic rings. The highest BCUT2D eigenvalue weighted by atomic mass is 19.1. The Morgan fingerprint density at radius 3 is 2.83 bits per heavy atom. The number of para-hydroxylation sites is 1. The van der Waals surface area contributed by atoms with Crippen molar-refractivity contribution in [2.24, 2.45) is 11.7 Å². The van der Waals surface area contributed by atoms with Crippen molar-refractivity contribution in [2.45, 2.75) is 19.4 Å². The SMILES string of the molecule is CC1CC(N)CN(c2cccc(F)c2[N+](=O)[O-])C1. The Morgan fingerprint density at radius 2 is 2.22 bits per heavy atom. The second-order valence-corrected chi connectivity index (χ2v) is 4.87. The highest BCUT2D eigenvalue weighted by Gasteiger charge is 2.29. The maximum Gasteiger partial charge on any atom is 0.327 e. The molecule has 2 unspecified atom stereocenters. The molecule has 1 aliphatic rings. The fourth-order valence-corrected chi connectivity index (χ4v) is 2.54. The topological polar surface area (TPSA) is 72.4 Å². The summed E-state index contributed by atoms with van der Waals surface area (Å²) in [5, 5.41) is 11.0. The lowest BCUT2D eigenvalue weighted by molar-refractivity contribution is -0.386. The molecule has 1 aliphatic heterocycles. The van der Waals surface area contributed by atoms with Gasteiger partial charge in [0.15, 0.2) is 0 Å². The van der Waals surface area contributed by atoms with Gasteiger partial charge in [-0.05, 0) is 24.5 Å². The number of halogens is 1. The summed E-state index contributed by atoms with van der Waals surface area (Å²) in [6, 6.07) is 4.14. The molecule has 0 aromatic heterocycles. The van der Waals surface area contributed by atoms with Crippen LogP contribution in [-0.4, -0.2) is 24.1 Å². The predicted molar refractivity (Wildman–Crippen MR) is 67.0 cm³/mol. The van der Waals surface area contributed by atoms with Crippen molar-refractivity contribution in [1.82, 2.24) is 0 Å². The van der Waals surface area contributed by atoms with Crippen molar-refractivity contribution < 1.29 is 9.31 Å². The molecule has 1 saturated heterocycles. The quantitative estimate of drug-likeness (QED) is 0.645. The summed E-state index contributed by atoms with van der Waals surface area (Å²) in [6.07, 6.45) is 0.889. The van der Waals surface area contributed by atoms with Crippen molar-refractivity contribution in [3.63, 3.8) is 0 Å². The third kappa shape index (κ3) is 2.43. The van der Waals surface area contributed by atoms with Crippen LogP contribution in [0.25, 0.3) is 0 Å². The van der Waals surface area contributed by atoms with E-state index < -0.39 is 16.4 Å². The van der Waals surface area contributed by atoms with Gasteiger partial charge in [0.05, 0.1) is 4.92 Å². The Morgan fingerprint density at radius 1 is 1.50 bits per heavy atom. The molecule has 2 N–H and O–H groups in total. The fourth-order valence-electron chi connectivity index (χ4n) is 2.54. The summed E-state index contributed by atoms with van der Waals surface area (Å²) in [5.74, 6) is -0.457. The molecule has 18 heavy (non-hydrogen) atoms. The van der Waals surface area contributed by atoms with Crippen molar-refractivity contribution in [3.8, 4) is 0 Å². The number of rotatable bonds is 2. The molecule has 0 bridgehead atoms. The monoisotopic (exact) mass is 253 g/mol. The van der Waals surface area contributed by atoms with Crippen molar-refractivity contribution in [1.29, 1.82) is 0 Å². The third-order valence-electron chi connectivity index (χ3n) is 3.18. The number of hydrogen-bond donors (Lipinski definition) is 1. The molecule has 0 aliphatic carbocycles. The Hall–Kier alpha value is -1.69. The molecule has 0 amide bonds. The summed E-state index contributed by atoms with van der Waals surface area (Å²) < 4.78 is 13.6. The molecule has 2 rings (SSSR count). The second-order valence-electron chi connectivity index (χ2n) is 4.87. The van der Waals surface area contributed by atoms with Crippen LogP contribution in [0.4, 0.5) is 15.8 Å². The number of anilines is 1. The number of nitrogens with two attached hydrogens (primary N) is 1. The molecule has 5 nitrogen and oxygen atoms in total. The highest BCUT2D eigenvalue weighted by Crippen LogP contribution is 2.33. The van der Waals surface area contributed by atoms with Gasteiger partial charge in [-0.15, -0.1) is 0 Å². The van der Waals surface area contributed by atoms with Crippen LogP contribution >= 0.6 is 0 Å². The van der Waals surface area contributed by atoms with Crippen molar-refractivity contribution >= 4 is 11.4 Å². The largest absolute Gasteiger partial charge is 0.364 e. The van der Waals surface area contributed by atoms with Crippen LogP contribution in [-0.2, 0) is 0 Å². The van der Waals surface area contributed by atoms with Gasteiger partial charge in [-0.25, -0.2) is 0 Å². The van der Waals surface area contributed by atoms with E-state index in [0.717, 1.165) is 12.5 Å². The van der Waals surface area contributed by atoms with Crippen molar-refractivity contribution in [2.75, 3.05) is 18.0 Å². The zero-order chi connectivity index (χ0) is 13.3. The average Bonchev–Trinajstić information content (AvgIpc) is 2.26. The highest BCUT2D eigenvalue weighted by molar-refractivity contribution is 5.64. The normalized spacial score (nSPS) is 24.1. The van der Waals surface area contributed by atoms with Gasteiger partial charge >= 0.3 is 5.69 Å². The molecule has 1 heterocycles. The summed E-state index contributed by atoms with van der Waals surface area (Å²) in [5.41, 5.74) is 5.77. The first kappa shape index (κ1) is 12.8.